The molecule has 1 rings (SSSR count). The van der Waals surface area contributed by atoms with Gasteiger partial charge in [0.2, 0.25) is 5.91 Å². The fourth-order valence-corrected chi connectivity index (χ4v) is 2.29. The van der Waals surface area contributed by atoms with E-state index in [9.17, 15) is 4.79 Å². The van der Waals surface area contributed by atoms with Crippen molar-refractivity contribution in [2.24, 2.45) is 5.73 Å². The van der Waals surface area contributed by atoms with Crippen molar-refractivity contribution in [3.63, 3.8) is 0 Å². The fourth-order valence-electron chi connectivity index (χ4n) is 2.29. The summed E-state index contributed by atoms with van der Waals surface area (Å²) in [5.41, 5.74) is 7.91. The summed E-state index contributed by atoms with van der Waals surface area (Å²) >= 11 is 0. The zero-order chi connectivity index (χ0) is 15.5. The smallest absolute Gasteiger partial charge is 0.220 e. The molecule has 4 nitrogen and oxygen atoms in total. The minimum atomic E-state index is 0. The predicted molar refractivity (Wildman–Crippen MR) is 102 cm³/mol. The van der Waals surface area contributed by atoms with E-state index in [0.717, 1.165) is 38.8 Å². The highest BCUT2D eigenvalue weighted by molar-refractivity contribution is 5.85. The lowest BCUT2D eigenvalue weighted by molar-refractivity contribution is -0.121. The van der Waals surface area contributed by atoms with Crippen LogP contribution in [0.5, 0.6) is 0 Å². The van der Waals surface area contributed by atoms with Gasteiger partial charge in [0.25, 0.3) is 0 Å². The first-order valence-electron chi connectivity index (χ1n) is 7.81. The van der Waals surface area contributed by atoms with Crippen LogP contribution in [0.15, 0.2) is 24.3 Å². The number of nitrogens with one attached hydrogen (secondary N) is 1. The minimum Gasteiger partial charge on any atom is -0.352 e. The fraction of sp³-hybridized carbons (Fsp3) is 0.588. The molecule has 1 amide bonds. The number of carbonyl (C=O) groups excluding carboxylic acids is 1. The van der Waals surface area contributed by atoms with Crippen molar-refractivity contribution in [2.45, 2.75) is 45.2 Å². The second-order valence-corrected chi connectivity index (χ2v) is 5.74. The Balaban J connectivity index is 0. The van der Waals surface area contributed by atoms with Gasteiger partial charge in [0.05, 0.1) is 0 Å². The summed E-state index contributed by atoms with van der Waals surface area (Å²) in [6.07, 6.45) is 4.82. The SMILES string of the molecule is CN(C)Cc1ccccc1CNC(=O)CCCCCCN.Cl.Cl. The van der Waals surface area contributed by atoms with E-state index in [2.05, 4.69) is 36.4 Å². The number of benzene rings is 1. The molecule has 0 saturated heterocycles. The molecule has 0 bridgehead atoms. The van der Waals surface area contributed by atoms with Crippen LogP contribution >= 0.6 is 24.8 Å². The van der Waals surface area contributed by atoms with Crippen molar-refractivity contribution in [1.29, 1.82) is 0 Å². The highest BCUT2D eigenvalue weighted by atomic mass is 35.5. The summed E-state index contributed by atoms with van der Waals surface area (Å²) in [4.78, 5) is 14.0. The first kappa shape index (κ1) is 24.4. The molecule has 0 fully saturated rings. The summed E-state index contributed by atoms with van der Waals surface area (Å²) in [5, 5.41) is 3.02. The van der Waals surface area contributed by atoms with Crippen LogP contribution in [0.2, 0.25) is 0 Å². The van der Waals surface area contributed by atoms with E-state index in [1.165, 1.54) is 11.1 Å². The molecule has 134 valence electrons. The number of nitrogens with zero attached hydrogens (tertiary/aromatic N) is 1. The lowest BCUT2D eigenvalue weighted by atomic mass is 10.1. The van der Waals surface area contributed by atoms with Crippen molar-refractivity contribution in [3.05, 3.63) is 35.4 Å². The van der Waals surface area contributed by atoms with Crippen molar-refractivity contribution < 1.29 is 4.79 Å². The average Bonchev–Trinajstić information content (AvgIpc) is 2.45. The molecule has 0 aliphatic carbocycles. The second-order valence-electron chi connectivity index (χ2n) is 5.74. The Labute approximate surface area is 153 Å². The monoisotopic (exact) mass is 363 g/mol. The number of nitrogens with two attached hydrogens (primary N) is 1. The maximum atomic E-state index is 11.8. The highest BCUT2D eigenvalue weighted by Gasteiger charge is 2.05. The zero-order valence-corrected chi connectivity index (χ0v) is 15.8. The van der Waals surface area contributed by atoms with Crippen molar-refractivity contribution in [1.82, 2.24) is 10.2 Å². The Hall–Kier alpha value is -0.810. The van der Waals surface area contributed by atoms with Gasteiger partial charge < -0.3 is 16.0 Å². The molecule has 1 aromatic carbocycles. The summed E-state index contributed by atoms with van der Waals surface area (Å²) in [7, 11) is 4.10. The number of rotatable bonds is 10. The number of halogens is 2. The van der Waals surface area contributed by atoms with Gasteiger partial charge in [0.15, 0.2) is 0 Å². The molecule has 0 heterocycles. The summed E-state index contributed by atoms with van der Waals surface area (Å²) < 4.78 is 0. The highest BCUT2D eigenvalue weighted by Crippen LogP contribution is 2.10. The summed E-state index contributed by atoms with van der Waals surface area (Å²) in [6.45, 7) is 2.26. The maximum absolute atomic E-state index is 11.8. The molecular weight excluding hydrogens is 333 g/mol. The average molecular weight is 364 g/mol. The van der Waals surface area contributed by atoms with Crippen molar-refractivity contribution in [2.75, 3.05) is 20.6 Å². The van der Waals surface area contributed by atoms with Crippen LogP contribution in [0.4, 0.5) is 0 Å². The molecule has 3 N–H and O–H groups in total. The Morgan fingerprint density at radius 2 is 1.65 bits per heavy atom. The molecule has 0 aromatic heterocycles. The maximum Gasteiger partial charge on any atom is 0.220 e. The normalized spacial score (nSPS) is 9.91. The summed E-state index contributed by atoms with van der Waals surface area (Å²) in [6, 6.07) is 8.27. The van der Waals surface area contributed by atoms with E-state index in [1.54, 1.807) is 0 Å². The first-order chi connectivity index (χ1) is 10.1. The Morgan fingerprint density at radius 1 is 1.04 bits per heavy atom. The lowest BCUT2D eigenvalue weighted by Gasteiger charge is -2.14. The van der Waals surface area contributed by atoms with Gasteiger partial charge in [-0.25, -0.2) is 0 Å². The van der Waals surface area contributed by atoms with Crippen LogP contribution < -0.4 is 11.1 Å². The Kier molecular flexibility index (Phi) is 15.7. The van der Waals surface area contributed by atoms with E-state index in [4.69, 9.17) is 5.73 Å². The molecule has 0 aliphatic heterocycles. The molecule has 6 heteroatoms. The molecule has 0 unspecified atom stereocenters. The van der Waals surface area contributed by atoms with Crippen LogP contribution in [0.3, 0.4) is 0 Å². The molecule has 0 atom stereocenters. The van der Waals surface area contributed by atoms with Gasteiger partial charge >= 0.3 is 0 Å². The topological polar surface area (TPSA) is 58.4 Å². The number of amides is 1. The van der Waals surface area contributed by atoms with Gasteiger partial charge in [0, 0.05) is 19.5 Å². The standard InChI is InChI=1S/C17H29N3O.2ClH/c1-20(2)14-16-10-7-6-9-15(16)13-19-17(21)11-5-3-4-8-12-18;;/h6-7,9-10H,3-5,8,11-14,18H2,1-2H3,(H,19,21);2*1H. The van der Waals surface area contributed by atoms with Gasteiger partial charge in [-0.05, 0) is 44.6 Å². The van der Waals surface area contributed by atoms with Crippen LogP contribution in [0.1, 0.15) is 43.2 Å². The number of hydrogen-bond donors (Lipinski definition) is 2. The predicted octanol–water partition coefficient (Wildman–Crippen LogP) is 3.12. The van der Waals surface area contributed by atoms with Gasteiger partial charge in [-0.2, -0.15) is 0 Å². The van der Waals surface area contributed by atoms with E-state index in [-0.39, 0.29) is 30.7 Å². The number of unbranched alkanes of at least 4 members (excludes halogenated alkanes) is 3. The molecular formula is C17H31Cl2N3O. The third-order valence-electron chi connectivity index (χ3n) is 3.44. The van der Waals surface area contributed by atoms with E-state index in [0.29, 0.717) is 13.0 Å². The van der Waals surface area contributed by atoms with Crippen LogP contribution in [0, 0.1) is 0 Å². The second kappa shape index (κ2) is 14.8. The molecule has 0 aliphatic rings. The van der Waals surface area contributed by atoms with E-state index < -0.39 is 0 Å². The Morgan fingerprint density at radius 3 is 2.26 bits per heavy atom. The van der Waals surface area contributed by atoms with Crippen LogP contribution in [-0.4, -0.2) is 31.4 Å². The van der Waals surface area contributed by atoms with Crippen LogP contribution in [-0.2, 0) is 17.9 Å². The molecule has 1 aromatic rings. The first-order valence-corrected chi connectivity index (χ1v) is 7.81. The zero-order valence-electron chi connectivity index (χ0n) is 14.2. The largest absolute Gasteiger partial charge is 0.352 e. The molecule has 0 spiro atoms. The van der Waals surface area contributed by atoms with Crippen LogP contribution in [0.25, 0.3) is 0 Å². The lowest BCUT2D eigenvalue weighted by Crippen LogP contribution is -2.23. The number of hydrogen-bond acceptors (Lipinski definition) is 3. The summed E-state index contributed by atoms with van der Waals surface area (Å²) in [5.74, 6) is 0.141. The molecule has 23 heavy (non-hydrogen) atoms. The molecule has 0 saturated carbocycles. The molecule has 0 radical (unpaired) electrons. The number of carbonyl (C=O) groups is 1. The Bertz CT molecular complexity index is 428. The van der Waals surface area contributed by atoms with Gasteiger partial charge in [-0.1, -0.05) is 37.1 Å². The van der Waals surface area contributed by atoms with Gasteiger partial charge in [-0.3, -0.25) is 4.79 Å². The van der Waals surface area contributed by atoms with Gasteiger partial charge in [-0.15, -0.1) is 24.8 Å². The third-order valence-corrected chi connectivity index (χ3v) is 3.44. The van der Waals surface area contributed by atoms with Gasteiger partial charge in [0.1, 0.15) is 0 Å². The third kappa shape index (κ3) is 11.4. The quantitative estimate of drug-likeness (QED) is 0.627. The van der Waals surface area contributed by atoms with E-state index in [1.807, 2.05) is 12.1 Å². The van der Waals surface area contributed by atoms with Crippen molar-refractivity contribution in [3.8, 4) is 0 Å². The van der Waals surface area contributed by atoms with Crippen molar-refractivity contribution >= 4 is 30.7 Å². The minimum absolute atomic E-state index is 0. The van der Waals surface area contributed by atoms with E-state index >= 15 is 0 Å².